The van der Waals surface area contributed by atoms with Crippen molar-refractivity contribution in [2.75, 3.05) is 33.2 Å². The summed E-state index contributed by atoms with van der Waals surface area (Å²) in [5.41, 5.74) is -2.59. The molecule has 0 saturated carbocycles. The van der Waals surface area contributed by atoms with Gasteiger partial charge in [0.15, 0.2) is 0 Å². The Balaban J connectivity index is 1.63. The van der Waals surface area contributed by atoms with Gasteiger partial charge >= 0.3 is 12.4 Å². The van der Waals surface area contributed by atoms with Crippen LogP contribution in [0.2, 0.25) is 0 Å². The van der Waals surface area contributed by atoms with Gasteiger partial charge in [-0.3, -0.25) is 9.69 Å². The van der Waals surface area contributed by atoms with Crippen LogP contribution in [0, 0.1) is 0 Å². The summed E-state index contributed by atoms with van der Waals surface area (Å²) in [6.45, 7) is 2.20. The molecule has 0 spiro atoms. The first-order valence-corrected chi connectivity index (χ1v) is 11.5. The Bertz CT molecular complexity index is 1010. The lowest BCUT2D eigenvalue weighted by Gasteiger charge is -2.43. The van der Waals surface area contributed by atoms with E-state index in [1.165, 1.54) is 4.90 Å². The van der Waals surface area contributed by atoms with Crippen molar-refractivity contribution in [3.63, 3.8) is 0 Å². The number of benzene rings is 2. The second-order valence-electron chi connectivity index (χ2n) is 9.19. The van der Waals surface area contributed by atoms with Crippen LogP contribution in [0.25, 0.3) is 0 Å². The second kappa shape index (κ2) is 9.81. The molecule has 1 N–H and O–H groups in total. The number of nitrogens with one attached hydrogen (secondary N) is 1. The van der Waals surface area contributed by atoms with Crippen molar-refractivity contribution in [3.05, 3.63) is 70.8 Å². The monoisotopic (exact) mass is 499 g/mol. The zero-order chi connectivity index (χ0) is 25.4. The summed E-state index contributed by atoms with van der Waals surface area (Å²) in [5.74, 6) is -0.937. The molecular weight excluding hydrogens is 472 g/mol. The number of hydrogen-bond donors (Lipinski definition) is 1. The molecule has 2 aliphatic rings. The number of hydrogen-bond acceptors (Lipinski definition) is 3. The number of carbonyl (C=O) groups excluding carboxylic acids is 1. The highest BCUT2D eigenvalue weighted by Crippen LogP contribution is 2.38. The predicted octanol–water partition coefficient (Wildman–Crippen LogP) is 5.02. The van der Waals surface area contributed by atoms with Crippen LogP contribution in [0.15, 0.2) is 48.5 Å². The minimum Gasteiger partial charge on any atom is -0.338 e. The van der Waals surface area contributed by atoms with Crippen molar-refractivity contribution in [2.24, 2.45) is 0 Å². The average molecular weight is 499 g/mol. The van der Waals surface area contributed by atoms with E-state index in [1.807, 2.05) is 37.4 Å². The number of halogens is 6. The van der Waals surface area contributed by atoms with E-state index >= 15 is 0 Å². The van der Waals surface area contributed by atoms with Gasteiger partial charge in [0, 0.05) is 49.7 Å². The molecule has 2 aliphatic heterocycles. The summed E-state index contributed by atoms with van der Waals surface area (Å²) >= 11 is 0. The number of alkyl halides is 6. The van der Waals surface area contributed by atoms with E-state index in [4.69, 9.17) is 0 Å². The molecule has 0 aromatic heterocycles. The van der Waals surface area contributed by atoms with Crippen LogP contribution in [0.4, 0.5) is 26.3 Å². The standard InChI is InChI=1S/C25H27F6N3O/c1-32-20-7-9-33(14-20)22-8-10-34(15-21(22)16-5-3-2-4-6-16)23(35)17-11-18(24(26,27)28)13-19(12-17)25(29,30)31/h2-6,11-13,20-22,32H,7-10,14-15H2,1H3. The maximum Gasteiger partial charge on any atom is 0.416 e. The molecule has 190 valence electrons. The van der Waals surface area contributed by atoms with Gasteiger partial charge in [-0.15, -0.1) is 0 Å². The Labute approximate surface area is 199 Å². The summed E-state index contributed by atoms with van der Waals surface area (Å²) in [4.78, 5) is 17.0. The fraction of sp³-hybridized carbons (Fsp3) is 0.480. The quantitative estimate of drug-likeness (QED) is 0.601. The van der Waals surface area contributed by atoms with Crippen LogP contribution in [-0.4, -0.2) is 61.0 Å². The molecule has 2 saturated heterocycles. The molecule has 2 aromatic rings. The first-order valence-electron chi connectivity index (χ1n) is 11.5. The highest BCUT2D eigenvalue weighted by atomic mass is 19.4. The number of piperidine rings is 1. The molecule has 2 aromatic carbocycles. The topological polar surface area (TPSA) is 35.6 Å². The number of likely N-dealkylation sites (N-methyl/N-ethyl adjacent to an activating group) is 1. The van der Waals surface area contributed by atoms with E-state index in [0.717, 1.165) is 25.1 Å². The summed E-state index contributed by atoms with van der Waals surface area (Å²) < 4.78 is 79.8. The maximum atomic E-state index is 13.3. The van der Waals surface area contributed by atoms with Crippen LogP contribution in [0.1, 0.15) is 45.8 Å². The Kier molecular flexibility index (Phi) is 7.15. The Morgan fingerprint density at radius 1 is 0.886 bits per heavy atom. The first-order chi connectivity index (χ1) is 16.5. The van der Waals surface area contributed by atoms with E-state index in [0.29, 0.717) is 24.6 Å². The zero-order valence-electron chi connectivity index (χ0n) is 19.2. The lowest BCUT2D eigenvalue weighted by Crippen LogP contribution is -2.51. The molecule has 2 heterocycles. The van der Waals surface area contributed by atoms with Crippen molar-refractivity contribution in [1.82, 2.24) is 15.1 Å². The van der Waals surface area contributed by atoms with E-state index in [2.05, 4.69) is 10.2 Å². The van der Waals surface area contributed by atoms with Crippen LogP contribution in [0.5, 0.6) is 0 Å². The number of amides is 1. The molecule has 0 bridgehead atoms. The van der Waals surface area contributed by atoms with E-state index in [-0.39, 0.29) is 31.1 Å². The van der Waals surface area contributed by atoms with Gasteiger partial charge in [0.05, 0.1) is 11.1 Å². The summed E-state index contributed by atoms with van der Waals surface area (Å²) in [6.07, 6.45) is -8.45. The Hall–Kier alpha value is -2.59. The fourth-order valence-corrected chi connectivity index (χ4v) is 5.17. The van der Waals surface area contributed by atoms with Gasteiger partial charge in [-0.25, -0.2) is 0 Å². The average Bonchev–Trinajstić information content (AvgIpc) is 3.31. The number of likely N-dealkylation sites (tertiary alicyclic amines) is 2. The first kappa shape index (κ1) is 25.5. The van der Waals surface area contributed by atoms with Crippen molar-refractivity contribution in [3.8, 4) is 0 Å². The lowest BCUT2D eigenvalue weighted by atomic mass is 9.84. The van der Waals surface area contributed by atoms with Gasteiger partial charge in [0.25, 0.3) is 5.91 Å². The minimum atomic E-state index is -5.00. The minimum absolute atomic E-state index is 0.0430. The second-order valence-corrected chi connectivity index (χ2v) is 9.19. The van der Waals surface area contributed by atoms with Crippen LogP contribution in [0.3, 0.4) is 0 Å². The summed E-state index contributed by atoms with van der Waals surface area (Å²) in [7, 11) is 1.91. The fourth-order valence-electron chi connectivity index (χ4n) is 5.17. The number of rotatable bonds is 4. The molecule has 0 aliphatic carbocycles. The van der Waals surface area contributed by atoms with Crippen molar-refractivity contribution < 1.29 is 31.1 Å². The zero-order valence-corrected chi connectivity index (χ0v) is 19.2. The molecular formula is C25H27F6N3O. The Morgan fingerprint density at radius 2 is 1.51 bits per heavy atom. The third kappa shape index (κ3) is 5.64. The van der Waals surface area contributed by atoms with Gasteiger partial charge in [-0.2, -0.15) is 26.3 Å². The molecule has 1 amide bonds. The van der Waals surface area contributed by atoms with Crippen molar-refractivity contribution >= 4 is 5.91 Å². The smallest absolute Gasteiger partial charge is 0.338 e. The predicted molar refractivity (Wildman–Crippen MR) is 119 cm³/mol. The van der Waals surface area contributed by atoms with Crippen LogP contribution >= 0.6 is 0 Å². The highest BCUT2D eigenvalue weighted by Gasteiger charge is 2.41. The molecule has 4 rings (SSSR count). The highest BCUT2D eigenvalue weighted by molar-refractivity contribution is 5.95. The molecule has 2 fully saturated rings. The molecule has 35 heavy (non-hydrogen) atoms. The van der Waals surface area contributed by atoms with Gasteiger partial charge in [-0.05, 0) is 43.7 Å². The number of nitrogens with zero attached hydrogens (tertiary/aromatic N) is 2. The summed E-state index contributed by atoms with van der Waals surface area (Å²) in [6, 6.07) is 11.1. The molecule has 4 nitrogen and oxygen atoms in total. The maximum absolute atomic E-state index is 13.3. The Morgan fingerprint density at radius 3 is 2.06 bits per heavy atom. The largest absolute Gasteiger partial charge is 0.416 e. The third-order valence-corrected chi connectivity index (χ3v) is 7.02. The molecule has 3 unspecified atom stereocenters. The normalized spacial score (nSPS) is 24.1. The number of carbonyl (C=O) groups is 1. The van der Waals surface area contributed by atoms with Gasteiger partial charge in [-0.1, -0.05) is 30.3 Å². The van der Waals surface area contributed by atoms with Gasteiger partial charge in [0.2, 0.25) is 0 Å². The van der Waals surface area contributed by atoms with Crippen LogP contribution in [-0.2, 0) is 12.4 Å². The third-order valence-electron chi connectivity index (χ3n) is 7.02. The van der Waals surface area contributed by atoms with E-state index in [9.17, 15) is 31.1 Å². The van der Waals surface area contributed by atoms with Gasteiger partial charge in [0.1, 0.15) is 0 Å². The van der Waals surface area contributed by atoms with Crippen LogP contribution < -0.4 is 5.32 Å². The van der Waals surface area contributed by atoms with Crippen molar-refractivity contribution in [1.29, 1.82) is 0 Å². The lowest BCUT2D eigenvalue weighted by molar-refractivity contribution is -0.143. The molecule has 10 heteroatoms. The van der Waals surface area contributed by atoms with Gasteiger partial charge < -0.3 is 10.2 Å². The summed E-state index contributed by atoms with van der Waals surface area (Å²) in [5, 5.41) is 3.28. The SMILES string of the molecule is CNC1CCN(C2CCN(C(=O)c3cc(C(F)(F)F)cc(C(F)(F)F)c3)CC2c2ccccc2)C1. The van der Waals surface area contributed by atoms with E-state index < -0.39 is 35.0 Å². The molecule has 0 radical (unpaired) electrons. The van der Waals surface area contributed by atoms with Crippen molar-refractivity contribution in [2.45, 2.75) is 43.2 Å². The van der Waals surface area contributed by atoms with E-state index in [1.54, 1.807) is 0 Å². The molecule has 3 atom stereocenters.